The summed E-state index contributed by atoms with van der Waals surface area (Å²) in [5.74, 6) is 1.52. The van der Waals surface area contributed by atoms with E-state index < -0.39 is 0 Å². The summed E-state index contributed by atoms with van der Waals surface area (Å²) in [4.78, 5) is 12.7. The predicted molar refractivity (Wildman–Crippen MR) is 95.8 cm³/mol. The van der Waals surface area contributed by atoms with Gasteiger partial charge in [-0.3, -0.25) is 4.79 Å². The Bertz CT molecular complexity index is 787. The molecule has 2 aromatic rings. The maximum atomic E-state index is 12.7. The summed E-state index contributed by atoms with van der Waals surface area (Å²) in [7, 11) is 1.63. The Kier molecular flexibility index (Phi) is 4.70. The van der Waals surface area contributed by atoms with E-state index in [1.165, 1.54) is 0 Å². The average Bonchev–Trinajstić information content (AvgIpc) is 2.58. The third kappa shape index (κ3) is 3.35. The van der Waals surface area contributed by atoms with Gasteiger partial charge in [-0.25, -0.2) is 0 Å². The second kappa shape index (κ2) is 6.91. The van der Waals surface area contributed by atoms with E-state index in [0.29, 0.717) is 5.75 Å². The lowest BCUT2D eigenvalue weighted by molar-refractivity contribution is 0.102. The van der Waals surface area contributed by atoms with Crippen molar-refractivity contribution in [3.05, 3.63) is 64.7 Å². The molecule has 3 rings (SSSR count). The van der Waals surface area contributed by atoms with E-state index in [4.69, 9.17) is 9.47 Å². The molecule has 3 heteroatoms. The van der Waals surface area contributed by atoms with Crippen LogP contribution in [0.3, 0.4) is 0 Å². The molecule has 0 heterocycles. The highest BCUT2D eigenvalue weighted by atomic mass is 16.5. The molecule has 0 spiro atoms. The van der Waals surface area contributed by atoms with E-state index in [1.54, 1.807) is 7.11 Å². The van der Waals surface area contributed by atoms with Gasteiger partial charge in [0.25, 0.3) is 0 Å². The molecule has 1 aliphatic carbocycles. The number of ketones is 1. The van der Waals surface area contributed by atoms with E-state index in [0.717, 1.165) is 40.9 Å². The van der Waals surface area contributed by atoms with Crippen LogP contribution in [0.4, 0.5) is 0 Å². The number of benzene rings is 2. The minimum absolute atomic E-state index is 0.0829. The first-order chi connectivity index (χ1) is 11.6. The summed E-state index contributed by atoms with van der Waals surface area (Å²) >= 11 is 0. The first-order valence-corrected chi connectivity index (χ1v) is 8.26. The Morgan fingerprint density at radius 1 is 1.04 bits per heavy atom. The number of hydrogen-bond donors (Lipinski definition) is 0. The Labute approximate surface area is 142 Å². The first-order valence-electron chi connectivity index (χ1n) is 8.26. The summed E-state index contributed by atoms with van der Waals surface area (Å²) in [5.41, 5.74) is 3.75. The van der Waals surface area contributed by atoms with Crippen molar-refractivity contribution in [2.45, 2.75) is 32.8 Å². The van der Waals surface area contributed by atoms with Crippen molar-refractivity contribution in [1.82, 2.24) is 0 Å². The summed E-state index contributed by atoms with van der Waals surface area (Å²) in [5, 5.41) is 0. The van der Waals surface area contributed by atoms with Gasteiger partial charge in [0.2, 0.25) is 0 Å². The summed E-state index contributed by atoms with van der Waals surface area (Å²) < 4.78 is 11.2. The highest BCUT2D eigenvalue weighted by Gasteiger charge is 2.21. The molecule has 0 bridgehead atoms. The zero-order valence-electron chi connectivity index (χ0n) is 14.3. The zero-order valence-corrected chi connectivity index (χ0v) is 14.3. The van der Waals surface area contributed by atoms with Gasteiger partial charge in [0.15, 0.2) is 17.3 Å². The molecule has 0 fully saturated rings. The number of rotatable bonds is 4. The molecular weight excluding hydrogens is 300 g/mol. The second-order valence-corrected chi connectivity index (χ2v) is 6.23. The highest BCUT2D eigenvalue weighted by Crippen LogP contribution is 2.31. The zero-order chi connectivity index (χ0) is 17.1. The Hall–Kier alpha value is -2.55. The van der Waals surface area contributed by atoms with Crippen molar-refractivity contribution >= 4 is 11.9 Å². The number of allylic oxidation sites excluding steroid dienone is 1. The van der Waals surface area contributed by atoms with Gasteiger partial charge in [0, 0.05) is 11.1 Å². The number of ether oxygens (including phenoxy) is 2. The number of hydrogen-bond acceptors (Lipinski definition) is 3. The number of aryl methyl sites for hydroxylation is 1. The third-order valence-electron chi connectivity index (χ3n) is 4.11. The van der Waals surface area contributed by atoms with Crippen LogP contribution < -0.4 is 9.47 Å². The Balaban J connectivity index is 1.90. The molecule has 0 radical (unpaired) electrons. The predicted octanol–water partition coefficient (Wildman–Crippen LogP) is 4.69. The van der Waals surface area contributed by atoms with E-state index in [9.17, 15) is 4.79 Å². The molecule has 0 unspecified atom stereocenters. The smallest absolute Gasteiger partial charge is 0.189 e. The minimum Gasteiger partial charge on any atom is -0.493 e. The van der Waals surface area contributed by atoms with Gasteiger partial charge in [0.1, 0.15) is 0 Å². The fourth-order valence-electron chi connectivity index (χ4n) is 2.98. The summed E-state index contributed by atoms with van der Waals surface area (Å²) in [6.07, 6.45) is 3.71. The fraction of sp³-hybridized carbons (Fsp3) is 0.286. The van der Waals surface area contributed by atoms with Crippen LogP contribution in [-0.2, 0) is 6.42 Å². The van der Waals surface area contributed by atoms with Gasteiger partial charge >= 0.3 is 0 Å². The molecule has 0 N–H and O–H groups in total. The molecule has 3 nitrogen and oxygen atoms in total. The Morgan fingerprint density at radius 2 is 1.83 bits per heavy atom. The maximum absolute atomic E-state index is 12.7. The van der Waals surface area contributed by atoms with E-state index in [-0.39, 0.29) is 11.9 Å². The average molecular weight is 322 g/mol. The molecule has 1 aliphatic rings. The quantitative estimate of drug-likeness (QED) is 0.766. The van der Waals surface area contributed by atoms with Crippen LogP contribution in [0.15, 0.2) is 48.0 Å². The van der Waals surface area contributed by atoms with Crippen molar-refractivity contribution in [3.63, 3.8) is 0 Å². The molecule has 2 aromatic carbocycles. The van der Waals surface area contributed by atoms with Gasteiger partial charge in [-0.05, 0) is 56.0 Å². The van der Waals surface area contributed by atoms with Crippen molar-refractivity contribution in [2.75, 3.05) is 7.11 Å². The van der Waals surface area contributed by atoms with Crippen LogP contribution in [0.5, 0.6) is 11.5 Å². The van der Waals surface area contributed by atoms with Crippen molar-refractivity contribution < 1.29 is 14.3 Å². The molecule has 124 valence electrons. The van der Waals surface area contributed by atoms with Gasteiger partial charge in [-0.15, -0.1) is 0 Å². The van der Waals surface area contributed by atoms with Crippen LogP contribution in [0, 0.1) is 0 Å². The van der Waals surface area contributed by atoms with E-state index in [2.05, 4.69) is 0 Å². The van der Waals surface area contributed by atoms with E-state index in [1.807, 2.05) is 62.4 Å². The van der Waals surface area contributed by atoms with Crippen molar-refractivity contribution in [1.29, 1.82) is 0 Å². The van der Waals surface area contributed by atoms with Crippen LogP contribution in [-0.4, -0.2) is 19.0 Å². The van der Waals surface area contributed by atoms with Crippen LogP contribution in [0.25, 0.3) is 6.08 Å². The number of fused-ring (bicyclic) bond motifs is 1. The molecule has 0 aromatic heterocycles. The lowest BCUT2D eigenvalue weighted by Gasteiger charge is -2.17. The van der Waals surface area contributed by atoms with Crippen molar-refractivity contribution in [3.8, 4) is 11.5 Å². The standard InChI is InChI=1S/C21H22O3/c1-14(2)24-19-11-8-15(13-20(19)23-3)12-17-10-9-16-6-4-5-7-18(16)21(17)22/h4-8,11-14H,9-10H2,1-3H3/b17-12+. The van der Waals surface area contributed by atoms with Crippen LogP contribution in [0.1, 0.15) is 41.8 Å². The van der Waals surface area contributed by atoms with Gasteiger partial charge in [-0.2, -0.15) is 0 Å². The highest BCUT2D eigenvalue weighted by molar-refractivity contribution is 6.13. The van der Waals surface area contributed by atoms with Gasteiger partial charge in [-0.1, -0.05) is 30.3 Å². The first kappa shape index (κ1) is 16.3. The number of carbonyl (C=O) groups is 1. The monoisotopic (exact) mass is 322 g/mol. The fourth-order valence-corrected chi connectivity index (χ4v) is 2.98. The number of Topliss-reactive ketones (excluding diaryl/α,β-unsaturated/α-hetero) is 1. The lowest BCUT2D eigenvalue weighted by Crippen LogP contribution is -2.13. The lowest BCUT2D eigenvalue weighted by atomic mass is 9.86. The molecule has 0 atom stereocenters. The molecule has 0 saturated carbocycles. The third-order valence-corrected chi connectivity index (χ3v) is 4.11. The summed E-state index contributed by atoms with van der Waals surface area (Å²) in [6.45, 7) is 3.96. The number of carbonyl (C=O) groups excluding carboxylic acids is 1. The normalized spacial score (nSPS) is 15.5. The molecule has 24 heavy (non-hydrogen) atoms. The van der Waals surface area contributed by atoms with Gasteiger partial charge < -0.3 is 9.47 Å². The van der Waals surface area contributed by atoms with Crippen LogP contribution in [0.2, 0.25) is 0 Å². The minimum atomic E-state index is 0.0829. The maximum Gasteiger partial charge on any atom is 0.189 e. The van der Waals surface area contributed by atoms with E-state index >= 15 is 0 Å². The topological polar surface area (TPSA) is 35.5 Å². The number of methoxy groups -OCH3 is 1. The van der Waals surface area contributed by atoms with Crippen molar-refractivity contribution in [2.24, 2.45) is 0 Å². The molecule has 0 amide bonds. The Morgan fingerprint density at radius 3 is 2.58 bits per heavy atom. The SMILES string of the molecule is COc1cc(/C=C2\CCc3ccccc3C2=O)ccc1OC(C)C. The second-order valence-electron chi connectivity index (χ2n) is 6.23. The molecular formula is C21H22O3. The summed E-state index contributed by atoms with van der Waals surface area (Å²) in [6, 6.07) is 13.6. The molecule has 0 saturated heterocycles. The van der Waals surface area contributed by atoms with Crippen LogP contribution >= 0.6 is 0 Å². The largest absolute Gasteiger partial charge is 0.493 e. The molecule has 0 aliphatic heterocycles. The van der Waals surface area contributed by atoms with Gasteiger partial charge in [0.05, 0.1) is 13.2 Å².